The zero-order valence-corrected chi connectivity index (χ0v) is 14.5. The van der Waals surface area contributed by atoms with Crippen LogP contribution in [-0.4, -0.2) is 23.3 Å². The molecule has 1 amide bonds. The topological polar surface area (TPSA) is 69.6 Å². The van der Waals surface area contributed by atoms with Gasteiger partial charge >= 0.3 is 0 Å². The van der Waals surface area contributed by atoms with Crippen LogP contribution in [0.25, 0.3) is 0 Å². The molecule has 0 spiro atoms. The first-order valence-corrected chi connectivity index (χ1v) is 8.68. The summed E-state index contributed by atoms with van der Waals surface area (Å²) in [5, 5.41) is 2.93. The molecular weight excluding hydrogens is 332 g/mol. The summed E-state index contributed by atoms with van der Waals surface area (Å²) in [4.78, 5) is 25.5. The lowest BCUT2D eigenvalue weighted by Crippen LogP contribution is -2.38. The van der Waals surface area contributed by atoms with E-state index in [-0.39, 0.29) is 29.9 Å². The van der Waals surface area contributed by atoms with E-state index in [2.05, 4.69) is 5.32 Å². The van der Waals surface area contributed by atoms with E-state index >= 15 is 0 Å². The van der Waals surface area contributed by atoms with Crippen molar-refractivity contribution in [3.63, 3.8) is 0 Å². The fourth-order valence-electron chi connectivity index (χ4n) is 3.30. The van der Waals surface area contributed by atoms with Gasteiger partial charge in [-0.15, -0.1) is 0 Å². The summed E-state index contributed by atoms with van der Waals surface area (Å²) in [7, 11) is 0. The molecule has 2 aromatic rings. The summed E-state index contributed by atoms with van der Waals surface area (Å²) in [5.74, 6) is 1.06. The summed E-state index contributed by atoms with van der Waals surface area (Å²) in [5.41, 5.74) is 1.50. The number of nitrogens with one attached hydrogen (secondary N) is 1. The van der Waals surface area contributed by atoms with Crippen LogP contribution in [-0.2, 0) is 6.54 Å². The SMILES string of the molecule is Cc1ccn(Cc2ccc3c(c2)OCO3)c(=O)c1C(=O)NC1C=CCC1. The molecule has 1 atom stereocenters. The molecule has 2 aliphatic rings. The zero-order valence-electron chi connectivity index (χ0n) is 14.5. The Kier molecular flexibility index (Phi) is 4.24. The van der Waals surface area contributed by atoms with Crippen LogP contribution in [0.2, 0.25) is 0 Å². The minimum absolute atomic E-state index is 0.00353. The Labute approximate surface area is 151 Å². The van der Waals surface area contributed by atoms with Crippen LogP contribution in [0.15, 0.2) is 47.4 Å². The van der Waals surface area contributed by atoms with Gasteiger partial charge in [0.1, 0.15) is 5.56 Å². The van der Waals surface area contributed by atoms with E-state index in [4.69, 9.17) is 9.47 Å². The number of pyridine rings is 1. The van der Waals surface area contributed by atoms with E-state index in [0.717, 1.165) is 18.4 Å². The van der Waals surface area contributed by atoms with Gasteiger partial charge in [0.2, 0.25) is 6.79 Å². The highest BCUT2D eigenvalue weighted by molar-refractivity contribution is 5.95. The lowest BCUT2D eigenvalue weighted by Gasteiger charge is -2.14. The number of benzene rings is 1. The van der Waals surface area contributed by atoms with Gasteiger partial charge in [0.05, 0.1) is 6.54 Å². The number of carbonyl (C=O) groups is 1. The molecule has 26 heavy (non-hydrogen) atoms. The Morgan fingerprint density at radius 3 is 2.92 bits per heavy atom. The number of hydrogen-bond acceptors (Lipinski definition) is 4. The number of amides is 1. The van der Waals surface area contributed by atoms with Crippen LogP contribution in [0.4, 0.5) is 0 Å². The number of carbonyl (C=O) groups excluding carboxylic acids is 1. The van der Waals surface area contributed by atoms with Crippen LogP contribution in [0.5, 0.6) is 11.5 Å². The molecule has 0 radical (unpaired) electrons. The van der Waals surface area contributed by atoms with Gasteiger partial charge in [-0.2, -0.15) is 0 Å². The number of ether oxygens (including phenoxy) is 2. The maximum Gasteiger partial charge on any atom is 0.263 e. The molecule has 1 aliphatic heterocycles. The minimum Gasteiger partial charge on any atom is -0.454 e. The number of allylic oxidation sites excluding steroid dienone is 1. The number of hydrogen-bond donors (Lipinski definition) is 1. The standard InChI is InChI=1S/C20H20N2O4/c1-13-8-9-22(11-14-6-7-16-17(10-14)26-12-25-16)20(24)18(13)19(23)21-15-4-2-3-5-15/h2,4,6-10,15H,3,5,11-12H2,1H3,(H,21,23). The molecule has 0 bridgehead atoms. The van der Waals surface area contributed by atoms with Crippen molar-refractivity contribution >= 4 is 5.91 Å². The third-order valence-electron chi connectivity index (χ3n) is 4.72. The normalized spacial score (nSPS) is 17.5. The fraction of sp³-hybridized carbons (Fsp3) is 0.300. The van der Waals surface area contributed by atoms with Crippen LogP contribution >= 0.6 is 0 Å². The minimum atomic E-state index is -0.316. The van der Waals surface area contributed by atoms with Gasteiger partial charge in [0, 0.05) is 12.2 Å². The lowest BCUT2D eigenvalue weighted by atomic mass is 10.1. The van der Waals surface area contributed by atoms with Crippen molar-refractivity contribution in [2.24, 2.45) is 0 Å². The number of rotatable bonds is 4. The van der Waals surface area contributed by atoms with Crippen LogP contribution in [0.3, 0.4) is 0 Å². The Hall–Kier alpha value is -3.02. The van der Waals surface area contributed by atoms with E-state index in [1.807, 2.05) is 30.4 Å². The molecule has 4 rings (SSSR count). The molecule has 1 N–H and O–H groups in total. The van der Waals surface area contributed by atoms with E-state index in [1.54, 1.807) is 23.8 Å². The van der Waals surface area contributed by atoms with Crippen molar-refractivity contribution in [2.75, 3.05) is 6.79 Å². The second-order valence-electron chi connectivity index (χ2n) is 6.58. The molecule has 6 nitrogen and oxygen atoms in total. The van der Waals surface area contributed by atoms with Gasteiger partial charge < -0.3 is 19.4 Å². The maximum atomic E-state index is 12.9. The smallest absolute Gasteiger partial charge is 0.263 e. The Balaban J connectivity index is 1.60. The van der Waals surface area contributed by atoms with Crippen molar-refractivity contribution in [1.82, 2.24) is 9.88 Å². The summed E-state index contributed by atoms with van der Waals surface area (Å²) >= 11 is 0. The van der Waals surface area contributed by atoms with Crippen LogP contribution < -0.4 is 20.3 Å². The second kappa shape index (κ2) is 6.71. The highest BCUT2D eigenvalue weighted by Gasteiger charge is 2.20. The molecule has 1 aliphatic carbocycles. The van der Waals surface area contributed by atoms with Crippen molar-refractivity contribution < 1.29 is 14.3 Å². The van der Waals surface area contributed by atoms with Crippen LogP contribution in [0, 0.1) is 6.92 Å². The molecular formula is C20H20N2O4. The number of fused-ring (bicyclic) bond motifs is 1. The molecule has 1 aromatic heterocycles. The van der Waals surface area contributed by atoms with Crippen molar-refractivity contribution in [1.29, 1.82) is 0 Å². The fourth-order valence-corrected chi connectivity index (χ4v) is 3.30. The summed E-state index contributed by atoms with van der Waals surface area (Å²) in [6, 6.07) is 7.38. The Morgan fingerprint density at radius 1 is 1.27 bits per heavy atom. The molecule has 1 aromatic carbocycles. The Morgan fingerprint density at radius 2 is 2.12 bits per heavy atom. The number of aryl methyl sites for hydroxylation is 1. The van der Waals surface area contributed by atoms with Gasteiger partial charge in [-0.1, -0.05) is 18.2 Å². The van der Waals surface area contributed by atoms with E-state index < -0.39 is 0 Å². The molecule has 0 saturated carbocycles. The lowest BCUT2D eigenvalue weighted by molar-refractivity contribution is 0.0941. The average molecular weight is 352 g/mol. The third kappa shape index (κ3) is 3.10. The summed E-state index contributed by atoms with van der Waals surface area (Å²) in [6.07, 6.45) is 7.56. The molecule has 0 fully saturated rings. The molecule has 6 heteroatoms. The van der Waals surface area contributed by atoms with Gasteiger partial charge in [-0.3, -0.25) is 9.59 Å². The first kappa shape index (κ1) is 16.4. The van der Waals surface area contributed by atoms with Crippen LogP contribution in [0.1, 0.15) is 34.3 Å². The van der Waals surface area contributed by atoms with Crippen molar-refractivity contribution in [3.05, 3.63) is 69.7 Å². The second-order valence-corrected chi connectivity index (χ2v) is 6.58. The first-order chi connectivity index (χ1) is 12.6. The summed E-state index contributed by atoms with van der Waals surface area (Å²) < 4.78 is 12.2. The van der Waals surface area contributed by atoms with Gasteiger partial charge in [0.15, 0.2) is 11.5 Å². The van der Waals surface area contributed by atoms with E-state index in [1.165, 1.54) is 0 Å². The zero-order chi connectivity index (χ0) is 18.1. The van der Waals surface area contributed by atoms with Gasteiger partial charge in [0.25, 0.3) is 11.5 Å². The van der Waals surface area contributed by atoms with E-state index in [9.17, 15) is 9.59 Å². The largest absolute Gasteiger partial charge is 0.454 e. The van der Waals surface area contributed by atoms with Crippen molar-refractivity contribution in [2.45, 2.75) is 32.4 Å². The summed E-state index contributed by atoms with van der Waals surface area (Å²) in [6.45, 7) is 2.36. The highest BCUT2D eigenvalue weighted by atomic mass is 16.7. The highest BCUT2D eigenvalue weighted by Crippen LogP contribution is 2.32. The van der Waals surface area contributed by atoms with Gasteiger partial charge in [-0.05, 0) is 49.1 Å². The molecule has 2 heterocycles. The van der Waals surface area contributed by atoms with E-state index in [0.29, 0.717) is 23.6 Å². The van der Waals surface area contributed by atoms with Gasteiger partial charge in [-0.25, -0.2) is 0 Å². The average Bonchev–Trinajstić information content (AvgIpc) is 3.28. The molecule has 134 valence electrons. The monoisotopic (exact) mass is 352 g/mol. The number of aromatic nitrogens is 1. The maximum absolute atomic E-state index is 12.9. The predicted molar refractivity (Wildman–Crippen MR) is 96.7 cm³/mol. The number of nitrogens with zero attached hydrogens (tertiary/aromatic N) is 1. The van der Waals surface area contributed by atoms with Crippen molar-refractivity contribution in [3.8, 4) is 11.5 Å². The molecule has 0 saturated heterocycles. The predicted octanol–water partition coefficient (Wildman–Crippen LogP) is 2.38. The third-order valence-corrected chi connectivity index (χ3v) is 4.72. The Bertz CT molecular complexity index is 945. The quantitative estimate of drug-likeness (QED) is 0.858. The molecule has 1 unspecified atom stereocenters. The first-order valence-electron chi connectivity index (χ1n) is 8.68.